The molecule has 0 radical (unpaired) electrons. The lowest BCUT2D eigenvalue weighted by Crippen LogP contribution is -2.25. The highest BCUT2D eigenvalue weighted by Crippen LogP contribution is 2.34. The van der Waals surface area contributed by atoms with E-state index in [-0.39, 0.29) is 0 Å². The Morgan fingerprint density at radius 1 is 1.33 bits per heavy atom. The summed E-state index contributed by atoms with van der Waals surface area (Å²) in [6.07, 6.45) is 8.17. The molecule has 1 aliphatic heterocycles. The zero-order valence-electron chi connectivity index (χ0n) is 11.1. The molecule has 1 fully saturated rings. The molecular weight excluding hydrogens is 290 g/mol. The van der Waals surface area contributed by atoms with E-state index >= 15 is 0 Å². The first kappa shape index (κ1) is 12.5. The fraction of sp³-hybridized carbons (Fsp3) is 0.786. The van der Waals surface area contributed by atoms with Gasteiger partial charge >= 0.3 is 0 Å². The molecule has 1 aromatic rings. The Labute approximate surface area is 117 Å². The van der Waals surface area contributed by atoms with Gasteiger partial charge in [-0.3, -0.25) is 0 Å². The largest absolute Gasteiger partial charge is 0.369 e. The summed E-state index contributed by atoms with van der Waals surface area (Å²) in [6.45, 7) is 4.38. The average Bonchev–Trinajstić information content (AvgIpc) is 2.67. The monoisotopic (exact) mass is 311 g/mol. The zero-order valence-corrected chi connectivity index (χ0v) is 12.7. The maximum atomic E-state index is 4.80. The number of halogens is 1. The number of hydrogen-bond acceptors (Lipinski definition) is 2. The minimum Gasteiger partial charge on any atom is -0.369 e. The summed E-state index contributed by atoms with van der Waals surface area (Å²) in [5.41, 5.74) is 1.26. The Morgan fingerprint density at radius 2 is 2.11 bits per heavy atom. The van der Waals surface area contributed by atoms with Crippen LogP contribution in [0.3, 0.4) is 0 Å². The molecule has 1 saturated carbocycles. The van der Waals surface area contributed by atoms with Gasteiger partial charge in [0, 0.05) is 13.1 Å². The summed E-state index contributed by atoms with van der Waals surface area (Å²) in [5, 5.41) is 8.29. The highest BCUT2D eigenvalue weighted by molar-refractivity contribution is 9.10. The number of anilines is 1. The van der Waals surface area contributed by atoms with Crippen LogP contribution < -0.4 is 5.32 Å². The Bertz CT molecular complexity index is 421. The molecule has 4 heteroatoms. The summed E-state index contributed by atoms with van der Waals surface area (Å²) >= 11 is 3.74. The molecule has 0 aromatic carbocycles. The predicted molar refractivity (Wildman–Crippen MR) is 77.9 cm³/mol. The summed E-state index contributed by atoms with van der Waals surface area (Å²) in [6, 6.07) is 0. The maximum Gasteiger partial charge on any atom is 0.139 e. The van der Waals surface area contributed by atoms with Crippen molar-refractivity contribution in [3.8, 4) is 0 Å². The number of aromatic nitrogens is 2. The number of nitrogens with zero attached hydrogens (tertiary/aromatic N) is 2. The van der Waals surface area contributed by atoms with E-state index in [1.54, 1.807) is 0 Å². The number of fused-ring (bicyclic) bond motifs is 1. The highest BCUT2D eigenvalue weighted by atomic mass is 79.9. The summed E-state index contributed by atoms with van der Waals surface area (Å²) in [7, 11) is 0. The van der Waals surface area contributed by atoms with Crippen LogP contribution in [0.25, 0.3) is 0 Å². The van der Waals surface area contributed by atoms with E-state index < -0.39 is 0 Å². The zero-order chi connectivity index (χ0) is 12.5. The van der Waals surface area contributed by atoms with Gasteiger partial charge in [0.1, 0.15) is 5.82 Å². The minimum absolute atomic E-state index is 0.673. The van der Waals surface area contributed by atoms with Crippen LogP contribution in [-0.4, -0.2) is 16.3 Å². The molecule has 3 rings (SSSR count). The van der Waals surface area contributed by atoms with Crippen molar-refractivity contribution < 1.29 is 0 Å². The second kappa shape index (κ2) is 5.24. The first-order valence-corrected chi connectivity index (χ1v) is 8.02. The second-order valence-electron chi connectivity index (χ2n) is 5.99. The van der Waals surface area contributed by atoms with Crippen molar-refractivity contribution in [1.82, 2.24) is 9.78 Å². The van der Waals surface area contributed by atoms with Crippen LogP contribution in [0.5, 0.6) is 0 Å². The molecule has 18 heavy (non-hydrogen) atoms. The summed E-state index contributed by atoms with van der Waals surface area (Å²) in [5.74, 6) is 2.72. The van der Waals surface area contributed by atoms with Gasteiger partial charge in [-0.05, 0) is 34.2 Å². The fourth-order valence-electron chi connectivity index (χ4n) is 3.22. The lowest BCUT2D eigenvalue weighted by atomic mass is 9.86. The van der Waals surface area contributed by atoms with Gasteiger partial charge in [-0.1, -0.05) is 39.0 Å². The Kier molecular flexibility index (Phi) is 3.64. The molecule has 1 aromatic heterocycles. The first-order chi connectivity index (χ1) is 8.74. The van der Waals surface area contributed by atoms with Crippen LogP contribution in [0.15, 0.2) is 4.47 Å². The molecule has 0 bridgehead atoms. The van der Waals surface area contributed by atoms with Crippen LogP contribution in [0.1, 0.15) is 44.7 Å². The minimum atomic E-state index is 0.673. The maximum absolute atomic E-state index is 4.80. The van der Waals surface area contributed by atoms with E-state index in [4.69, 9.17) is 5.10 Å². The Balaban J connectivity index is 1.76. The van der Waals surface area contributed by atoms with Crippen LogP contribution in [0.2, 0.25) is 0 Å². The molecule has 1 atom stereocenters. The Morgan fingerprint density at radius 3 is 2.89 bits per heavy atom. The first-order valence-electron chi connectivity index (χ1n) is 7.23. The quantitative estimate of drug-likeness (QED) is 0.899. The number of hydrogen-bond donors (Lipinski definition) is 1. The van der Waals surface area contributed by atoms with Gasteiger partial charge in [-0.2, -0.15) is 5.10 Å². The Hall–Kier alpha value is -0.510. The lowest BCUT2D eigenvalue weighted by molar-refractivity contribution is 0.351. The summed E-state index contributed by atoms with van der Waals surface area (Å²) < 4.78 is 3.36. The van der Waals surface area contributed by atoms with Crippen molar-refractivity contribution in [3.05, 3.63) is 10.2 Å². The van der Waals surface area contributed by atoms with Gasteiger partial charge in [-0.25, -0.2) is 4.68 Å². The van der Waals surface area contributed by atoms with E-state index in [0.29, 0.717) is 5.92 Å². The third-order valence-electron chi connectivity index (χ3n) is 4.27. The van der Waals surface area contributed by atoms with E-state index in [0.717, 1.165) is 25.4 Å². The van der Waals surface area contributed by atoms with E-state index in [2.05, 4.69) is 32.9 Å². The number of rotatable bonds is 2. The molecule has 2 heterocycles. The normalized spacial score (nSPS) is 24.7. The second-order valence-corrected chi connectivity index (χ2v) is 6.78. The smallest absolute Gasteiger partial charge is 0.139 e. The van der Waals surface area contributed by atoms with Crippen molar-refractivity contribution in [2.45, 2.75) is 52.0 Å². The lowest BCUT2D eigenvalue weighted by Gasteiger charge is -2.21. The third-order valence-corrected chi connectivity index (χ3v) is 5.10. The topological polar surface area (TPSA) is 29.9 Å². The standard InChI is InChI=1S/C14H22BrN3/c1-10-8-16-14-13(15)12(17-18(14)9-10)7-11-5-3-2-4-6-11/h10-11,16H,2-9H2,1H3. The van der Waals surface area contributed by atoms with Gasteiger partial charge in [0.25, 0.3) is 0 Å². The van der Waals surface area contributed by atoms with Gasteiger partial charge in [0.2, 0.25) is 0 Å². The van der Waals surface area contributed by atoms with Crippen LogP contribution in [-0.2, 0) is 13.0 Å². The van der Waals surface area contributed by atoms with Gasteiger partial charge in [0.15, 0.2) is 0 Å². The van der Waals surface area contributed by atoms with E-state index in [1.165, 1.54) is 48.1 Å². The van der Waals surface area contributed by atoms with Gasteiger partial charge < -0.3 is 5.32 Å². The molecule has 100 valence electrons. The average molecular weight is 312 g/mol. The molecular formula is C14H22BrN3. The third kappa shape index (κ3) is 2.44. The van der Waals surface area contributed by atoms with Crippen molar-refractivity contribution in [1.29, 1.82) is 0 Å². The van der Waals surface area contributed by atoms with Crippen molar-refractivity contribution in [3.63, 3.8) is 0 Å². The molecule has 3 nitrogen and oxygen atoms in total. The molecule has 1 unspecified atom stereocenters. The van der Waals surface area contributed by atoms with E-state index in [9.17, 15) is 0 Å². The molecule has 1 N–H and O–H groups in total. The SMILES string of the molecule is CC1CNc2c(Br)c(CC3CCCCC3)nn2C1. The van der Waals surface area contributed by atoms with E-state index in [1.807, 2.05) is 0 Å². The molecule has 0 saturated heterocycles. The predicted octanol–water partition coefficient (Wildman–Crippen LogP) is 3.83. The van der Waals surface area contributed by atoms with Gasteiger partial charge in [-0.15, -0.1) is 0 Å². The van der Waals surface area contributed by atoms with Crippen LogP contribution in [0.4, 0.5) is 5.82 Å². The molecule has 0 spiro atoms. The van der Waals surface area contributed by atoms with Crippen molar-refractivity contribution in [2.24, 2.45) is 11.8 Å². The van der Waals surface area contributed by atoms with Crippen molar-refractivity contribution in [2.75, 3.05) is 11.9 Å². The molecule has 2 aliphatic rings. The number of nitrogens with one attached hydrogen (secondary N) is 1. The summed E-state index contributed by atoms with van der Waals surface area (Å²) in [4.78, 5) is 0. The van der Waals surface area contributed by atoms with Crippen LogP contribution in [0, 0.1) is 11.8 Å². The van der Waals surface area contributed by atoms with Crippen molar-refractivity contribution >= 4 is 21.7 Å². The van der Waals surface area contributed by atoms with Gasteiger partial charge in [0.05, 0.1) is 10.2 Å². The fourth-order valence-corrected chi connectivity index (χ4v) is 3.80. The molecule has 1 aliphatic carbocycles. The highest BCUT2D eigenvalue weighted by Gasteiger charge is 2.24. The van der Waals surface area contributed by atoms with Crippen LogP contribution >= 0.6 is 15.9 Å². The molecule has 0 amide bonds.